The molecule has 1 aliphatic rings. The van der Waals surface area contributed by atoms with Gasteiger partial charge in [0.1, 0.15) is 0 Å². The van der Waals surface area contributed by atoms with Crippen molar-refractivity contribution in [2.24, 2.45) is 0 Å². The second-order valence-corrected chi connectivity index (χ2v) is 7.16. The van der Waals surface area contributed by atoms with Crippen LogP contribution < -0.4 is 9.80 Å². The monoisotopic (exact) mass is 370 g/mol. The highest BCUT2D eigenvalue weighted by Crippen LogP contribution is 2.32. The Kier molecular flexibility index (Phi) is 5.33. The maximum Gasteiger partial charge on any atom is 0.229 e. The predicted octanol–water partition coefficient (Wildman–Crippen LogP) is 4.37. The Hall–Kier alpha value is -2.33. The molecule has 2 aromatic carbocycles. The van der Waals surface area contributed by atoms with Crippen LogP contribution in [0.4, 0.5) is 11.4 Å². The van der Waals surface area contributed by atoms with E-state index in [4.69, 9.17) is 11.6 Å². The number of rotatable bonds is 4. The summed E-state index contributed by atoms with van der Waals surface area (Å²) in [6.45, 7) is 5.79. The van der Waals surface area contributed by atoms with Gasteiger partial charge in [0.05, 0.1) is 0 Å². The van der Waals surface area contributed by atoms with E-state index < -0.39 is 0 Å². The normalized spacial score (nSPS) is 15.7. The van der Waals surface area contributed by atoms with E-state index in [0.717, 1.165) is 23.4 Å². The molecule has 0 aliphatic carbocycles. The summed E-state index contributed by atoms with van der Waals surface area (Å²) in [5.41, 5.74) is 3.78. The smallest absolute Gasteiger partial charge is 0.229 e. The average Bonchev–Trinajstić information content (AvgIpc) is 2.94. The van der Waals surface area contributed by atoms with Gasteiger partial charge in [-0.1, -0.05) is 35.9 Å². The zero-order chi connectivity index (χ0) is 18.8. The summed E-state index contributed by atoms with van der Waals surface area (Å²) in [6, 6.07) is 13.6. The lowest BCUT2D eigenvalue weighted by atomic mass is 10.1. The lowest BCUT2D eigenvalue weighted by molar-refractivity contribution is -0.119. The van der Waals surface area contributed by atoms with Crippen LogP contribution in [0.3, 0.4) is 0 Å². The van der Waals surface area contributed by atoms with Crippen molar-refractivity contribution in [2.45, 2.75) is 39.7 Å². The van der Waals surface area contributed by atoms with Crippen LogP contribution in [-0.2, 0) is 16.0 Å². The van der Waals surface area contributed by atoms with Gasteiger partial charge >= 0.3 is 0 Å². The molecule has 4 nitrogen and oxygen atoms in total. The Labute approximate surface area is 159 Å². The Morgan fingerprint density at radius 3 is 2.65 bits per heavy atom. The van der Waals surface area contributed by atoms with Crippen LogP contribution in [0, 0.1) is 6.92 Å². The highest BCUT2D eigenvalue weighted by Gasteiger charge is 2.30. The number of hydrogen-bond acceptors (Lipinski definition) is 2. The third kappa shape index (κ3) is 3.47. The molecule has 136 valence electrons. The van der Waals surface area contributed by atoms with Gasteiger partial charge in [0.25, 0.3) is 0 Å². The average molecular weight is 371 g/mol. The quantitative estimate of drug-likeness (QED) is 0.801. The van der Waals surface area contributed by atoms with E-state index in [9.17, 15) is 9.59 Å². The first-order chi connectivity index (χ1) is 12.4. The number of nitrogens with zero attached hydrogens (tertiary/aromatic N) is 2. The van der Waals surface area contributed by atoms with Crippen molar-refractivity contribution in [1.29, 1.82) is 0 Å². The van der Waals surface area contributed by atoms with E-state index >= 15 is 0 Å². The summed E-state index contributed by atoms with van der Waals surface area (Å²) in [5.74, 6) is -0.0635. The highest BCUT2D eigenvalue weighted by molar-refractivity contribution is 6.31. The number of amides is 2. The van der Waals surface area contributed by atoms with E-state index in [1.54, 1.807) is 11.0 Å². The van der Waals surface area contributed by atoms with Gasteiger partial charge in [-0.05, 0) is 49.6 Å². The number of benzene rings is 2. The topological polar surface area (TPSA) is 40.6 Å². The zero-order valence-electron chi connectivity index (χ0n) is 15.3. The van der Waals surface area contributed by atoms with Crippen molar-refractivity contribution in [1.82, 2.24) is 0 Å². The van der Waals surface area contributed by atoms with Crippen LogP contribution in [-0.4, -0.2) is 24.4 Å². The van der Waals surface area contributed by atoms with Crippen molar-refractivity contribution in [3.8, 4) is 0 Å². The fourth-order valence-corrected chi connectivity index (χ4v) is 3.78. The van der Waals surface area contributed by atoms with Crippen LogP contribution >= 0.6 is 11.6 Å². The molecule has 1 atom stereocenters. The lowest BCUT2D eigenvalue weighted by Crippen LogP contribution is -2.39. The molecule has 0 saturated heterocycles. The lowest BCUT2D eigenvalue weighted by Gasteiger charge is -2.26. The number of para-hydroxylation sites is 1. The van der Waals surface area contributed by atoms with Crippen LogP contribution in [0.25, 0.3) is 0 Å². The first-order valence-corrected chi connectivity index (χ1v) is 9.21. The minimum Gasteiger partial charge on any atom is -0.312 e. The molecule has 3 rings (SSSR count). The summed E-state index contributed by atoms with van der Waals surface area (Å²) >= 11 is 6.19. The highest BCUT2D eigenvalue weighted by atomic mass is 35.5. The van der Waals surface area contributed by atoms with Gasteiger partial charge in [-0.15, -0.1) is 0 Å². The molecule has 0 spiro atoms. The van der Waals surface area contributed by atoms with E-state index in [2.05, 4.69) is 13.0 Å². The summed E-state index contributed by atoms with van der Waals surface area (Å²) in [7, 11) is 0. The first-order valence-electron chi connectivity index (χ1n) is 8.83. The molecule has 0 N–H and O–H groups in total. The summed E-state index contributed by atoms with van der Waals surface area (Å²) < 4.78 is 0. The van der Waals surface area contributed by atoms with Crippen molar-refractivity contribution in [3.05, 3.63) is 58.6 Å². The van der Waals surface area contributed by atoms with Crippen molar-refractivity contribution in [2.75, 3.05) is 16.3 Å². The van der Waals surface area contributed by atoms with Crippen LogP contribution in [0.15, 0.2) is 42.5 Å². The summed E-state index contributed by atoms with van der Waals surface area (Å²) in [6.07, 6.45) is 1.13. The van der Waals surface area contributed by atoms with Gasteiger partial charge in [0.2, 0.25) is 11.8 Å². The van der Waals surface area contributed by atoms with Crippen LogP contribution in [0.5, 0.6) is 0 Å². The fraction of sp³-hybridized carbons (Fsp3) is 0.333. The molecule has 0 fully saturated rings. The molecule has 0 bridgehead atoms. The Balaban J connectivity index is 1.77. The molecular formula is C21H23ClN2O2. The minimum absolute atomic E-state index is 0.0355. The molecule has 2 aromatic rings. The Bertz CT molecular complexity index is 850. The molecule has 0 radical (unpaired) electrons. The summed E-state index contributed by atoms with van der Waals surface area (Å²) in [5, 5.41) is 0.613. The van der Waals surface area contributed by atoms with Gasteiger partial charge in [0, 0.05) is 42.3 Å². The van der Waals surface area contributed by atoms with Gasteiger partial charge < -0.3 is 9.80 Å². The molecule has 26 heavy (non-hydrogen) atoms. The molecule has 0 saturated carbocycles. The van der Waals surface area contributed by atoms with Crippen molar-refractivity contribution >= 4 is 34.8 Å². The first kappa shape index (κ1) is 18.5. The number of halogens is 1. The molecular weight excluding hydrogens is 348 g/mol. The third-order valence-electron chi connectivity index (χ3n) is 4.94. The van der Waals surface area contributed by atoms with Crippen molar-refractivity contribution in [3.63, 3.8) is 0 Å². The number of fused-ring (bicyclic) bond motifs is 1. The zero-order valence-corrected chi connectivity index (χ0v) is 16.1. The molecule has 0 aromatic heterocycles. The van der Waals surface area contributed by atoms with Crippen LogP contribution in [0.1, 0.15) is 31.4 Å². The van der Waals surface area contributed by atoms with E-state index in [-0.39, 0.29) is 24.3 Å². The Morgan fingerprint density at radius 2 is 1.92 bits per heavy atom. The largest absolute Gasteiger partial charge is 0.312 e. The maximum atomic E-state index is 12.9. The molecule has 1 heterocycles. The van der Waals surface area contributed by atoms with Gasteiger partial charge in [-0.25, -0.2) is 0 Å². The Morgan fingerprint density at radius 1 is 1.19 bits per heavy atom. The SMILES string of the molecule is CC(=O)N(CCC(=O)N1c2ccccc2CC1C)c1cccc(Cl)c1C. The number of anilines is 2. The second-order valence-electron chi connectivity index (χ2n) is 6.75. The number of carbonyl (C=O) groups excluding carboxylic acids is 2. The minimum atomic E-state index is -0.0990. The molecule has 2 amide bonds. The van der Waals surface area contributed by atoms with Crippen LogP contribution in [0.2, 0.25) is 5.02 Å². The molecule has 1 unspecified atom stereocenters. The fourth-order valence-electron chi connectivity index (χ4n) is 3.61. The van der Waals surface area contributed by atoms with Gasteiger partial charge in [-0.3, -0.25) is 9.59 Å². The second kappa shape index (κ2) is 7.50. The van der Waals surface area contributed by atoms with Gasteiger partial charge in [-0.2, -0.15) is 0 Å². The standard InChI is InChI=1S/C21H23ClN2O2/c1-14-13-17-7-4-5-9-20(17)24(14)21(26)11-12-23(16(3)25)19-10-6-8-18(22)15(19)2/h4-10,14H,11-13H2,1-3H3. The predicted molar refractivity (Wildman–Crippen MR) is 106 cm³/mol. The number of carbonyl (C=O) groups is 2. The summed E-state index contributed by atoms with van der Waals surface area (Å²) in [4.78, 5) is 28.5. The van der Waals surface area contributed by atoms with Gasteiger partial charge in [0.15, 0.2) is 0 Å². The van der Waals surface area contributed by atoms with E-state index in [1.165, 1.54) is 12.5 Å². The molecule has 1 aliphatic heterocycles. The number of hydrogen-bond donors (Lipinski definition) is 0. The van der Waals surface area contributed by atoms with E-state index in [1.807, 2.05) is 42.2 Å². The maximum absolute atomic E-state index is 12.9. The molecule has 5 heteroatoms. The van der Waals surface area contributed by atoms with E-state index in [0.29, 0.717) is 11.6 Å². The van der Waals surface area contributed by atoms with Crippen molar-refractivity contribution < 1.29 is 9.59 Å². The third-order valence-corrected chi connectivity index (χ3v) is 5.34.